The van der Waals surface area contributed by atoms with E-state index >= 15 is 0 Å². The fourth-order valence-electron chi connectivity index (χ4n) is 4.30. The molecule has 1 saturated heterocycles. The molecule has 4 aromatic rings. The molecule has 0 aliphatic carbocycles. The van der Waals surface area contributed by atoms with Gasteiger partial charge in [-0.3, -0.25) is 4.79 Å². The van der Waals surface area contributed by atoms with Gasteiger partial charge in [-0.2, -0.15) is 0 Å². The van der Waals surface area contributed by atoms with Gasteiger partial charge in [0.1, 0.15) is 5.82 Å². The van der Waals surface area contributed by atoms with Crippen LogP contribution in [0.1, 0.15) is 24.5 Å². The van der Waals surface area contributed by atoms with Gasteiger partial charge in [-0.1, -0.05) is 6.07 Å². The third kappa shape index (κ3) is 6.62. The normalized spacial score (nSPS) is 20.7. The molecule has 1 fully saturated rings. The van der Waals surface area contributed by atoms with E-state index in [1.165, 1.54) is 12.1 Å². The number of aromatic nitrogens is 4. The lowest BCUT2D eigenvalue weighted by atomic mass is 9.90. The van der Waals surface area contributed by atoms with Gasteiger partial charge < -0.3 is 30.0 Å². The van der Waals surface area contributed by atoms with Gasteiger partial charge in [0, 0.05) is 29.7 Å². The largest absolute Gasteiger partial charge is 0.354 e. The van der Waals surface area contributed by atoms with E-state index in [4.69, 9.17) is 19.4 Å². The van der Waals surface area contributed by atoms with Crippen LogP contribution < -0.4 is 10.6 Å². The summed E-state index contributed by atoms with van der Waals surface area (Å²) >= 11 is 1.65. The zero-order valence-electron chi connectivity index (χ0n) is 23.5. The van der Waals surface area contributed by atoms with E-state index in [0.717, 1.165) is 11.4 Å². The number of nitrogens with one attached hydrogen (secondary N) is 3. The highest BCUT2D eigenvalue weighted by atomic mass is 32.1. The maximum atomic E-state index is 13.8. The molecular weight excluding hydrogens is 545 g/mol. The summed E-state index contributed by atoms with van der Waals surface area (Å²) in [5.41, 5.74) is 1.61. The summed E-state index contributed by atoms with van der Waals surface area (Å²) in [6, 6.07) is 11.9. The van der Waals surface area contributed by atoms with Crippen LogP contribution in [0.5, 0.6) is 0 Å². The minimum absolute atomic E-state index is 0.128. The van der Waals surface area contributed by atoms with Gasteiger partial charge in [0.05, 0.1) is 42.3 Å². The first kappa shape index (κ1) is 28.8. The zero-order valence-corrected chi connectivity index (χ0v) is 24.3. The molecule has 12 heteroatoms. The van der Waals surface area contributed by atoms with Crippen molar-refractivity contribution in [1.82, 2.24) is 30.2 Å². The molecule has 1 aliphatic rings. The molecule has 1 aromatic carbocycles. The molecule has 0 bridgehead atoms. The van der Waals surface area contributed by atoms with Crippen molar-refractivity contribution in [2.45, 2.75) is 26.2 Å². The molecule has 216 valence electrons. The summed E-state index contributed by atoms with van der Waals surface area (Å²) < 4.78 is 26.1. The van der Waals surface area contributed by atoms with E-state index < -0.39 is 11.2 Å². The van der Waals surface area contributed by atoms with Gasteiger partial charge in [-0.15, -0.1) is 11.3 Å². The van der Waals surface area contributed by atoms with E-state index in [-0.39, 0.29) is 24.9 Å². The van der Waals surface area contributed by atoms with Crippen LogP contribution in [0.3, 0.4) is 0 Å². The van der Waals surface area contributed by atoms with Crippen molar-refractivity contribution >= 4 is 23.2 Å². The van der Waals surface area contributed by atoms with Crippen LogP contribution in [0.15, 0.2) is 54.0 Å². The number of imidazole rings is 1. The molecule has 1 amide bonds. The lowest BCUT2D eigenvalue weighted by molar-refractivity contribution is -0.299. The predicted molar refractivity (Wildman–Crippen MR) is 156 cm³/mol. The molecule has 0 saturated carbocycles. The number of ether oxygens (including phenoxy) is 2. The maximum Gasteiger partial charge on any atom is 0.230 e. The Labute approximate surface area is 242 Å². The van der Waals surface area contributed by atoms with E-state index in [2.05, 4.69) is 20.6 Å². The minimum Gasteiger partial charge on any atom is -0.354 e. The first-order valence-corrected chi connectivity index (χ1v) is 14.2. The van der Waals surface area contributed by atoms with Crippen LogP contribution >= 0.6 is 11.3 Å². The highest BCUT2D eigenvalue weighted by Gasteiger charge is 2.46. The average molecular weight is 580 g/mol. The molecular formula is C29H34FN7O3S. The summed E-state index contributed by atoms with van der Waals surface area (Å²) in [5.74, 6) is -0.846. The first-order valence-electron chi connectivity index (χ1n) is 13.3. The van der Waals surface area contributed by atoms with E-state index in [1.54, 1.807) is 42.7 Å². The van der Waals surface area contributed by atoms with Crippen LogP contribution in [0.2, 0.25) is 0 Å². The molecule has 3 N–H and O–H groups in total. The Hall–Kier alpha value is -3.71. The number of aromatic amines is 1. The lowest BCUT2D eigenvalue weighted by Gasteiger charge is -2.41. The molecule has 4 heterocycles. The molecule has 1 aliphatic heterocycles. The number of H-pyrrole nitrogens is 1. The summed E-state index contributed by atoms with van der Waals surface area (Å²) in [6.45, 7) is 5.73. The van der Waals surface area contributed by atoms with Crippen LogP contribution in [-0.4, -0.2) is 71.1 Å². The zero-order chi connectivity index (χ0) is 29.0. The number of hydrogen-bond acceptors (Lipinski definition) is 9. The van der Waals surface area contributed by atoms with Gasteiger partial charge in [0.25, 0.3) is 0 Å². The molecule has 3 aromatic heterocycles. The summed E-state index contributed by atoms with van der Waals surface area (Å²) in [5, 5.41) is 8.24. The fraction of sp³-hybridized carbons (Fsp3) is 0.379. The Bertz CT molecular complexity index is 1470. The molecule has 5 rings (SSSR count). The van der Waals surface area contributed by atoms with E-state index in [0.29, 0.717) is 47.5 Å². The quantitative estimate of drug-likeness (QED) is 0.255. The highest BCUT2D eigenvalue weighted by molar-refractivity contribution is 7.09. The Balaban J connectivity index is 1.40. The Morgan fingerprint density at radius 3 is 2.56 bits per heavy atom. The number of rotatable bonds is 10. The third-order valence-electron chi connectivity index (χ3n) is 6.89. The van der Waals surface area contributed by atoms with E-state index in [1.807, 2.05) is 43.4 Å². The van der Waals surface area contributed by atoms with Gasteiger partial charge >= 0.3 is 0 Å². The summed E-state index contributed by atoms with van der Waals surface area (Å²) in [4.78, 5) is 33.3. The predicted octanol–water partition coefficient (Wildman–Crippen LogP) is 4.25. The molecule has 10 nitrogen and oxygen atoms in total. The Morgan fingerprint density at radius 1 is 1.12 bits per heavy atom. The highest BCUT2D eigenvalue weighted by Crippen LogP contribution is 2.39. The Morgan fingerprint density at radius 2 is 1.88 bits per heavy atom. The maximum absolute atomic E-state index is 13.8. The average Bonchev–Trinajstić information content (AvgIpc) is 3.65. The van der Waals surface area contributed by atoms with Crippen LogP contribution in [0, 0.1) is 11.2 Å². The molecule has 0 spiro atoms. The van der Waals surface area contributed by atoms with Crippen LogP contribution in [0.4, 0.5) is 10.3 Å². The number of hydrogen-bond donors (Lipinski definition) is 3. The smallest absolute Gasteiger partial charge is 0.230 e. The van der Waals surface area contributed by atoms with Crippen LogP contribution in [-0.2, 0) is 26.6 Å². The number of carbonyl (C=O) groups excluding carboxylic acids is 1. The number of thiophene rings is 1. The van der Waals surface area contributed by atoms with Gasteiger partial charge in [0.2, 0.25) is 17.6 Å². The second kappa shape index (κ2) is 12.0. The third-order valence-corrected chi connectivity index (χ3v) is 7.77. The number of carbonyl (C=O) groups is 1. The summed E-state index contributed by atoms with van der Waals surface area (Å²) in [6.07, 6.45) is 1.67. The van der Waals surface area contributed by atoms with Crippen molar-refractivity contribution in [3.63, 3.8) is 0 Å². The molecule has 0 atom stereocenters. The minimum atomic E-state index is -1.25. The number of benzene rings is 1. The van der Waals surface area contributed by atoms with Gasteiger partial charge in [-0.25, -0.2) is 19.3 Å². The molecule has 0 unspecified atom stereocenters. The number of halogens is 1. The molecule has 41 heavy (non-hydrogen) atoms. The SMILES string of the molecule is CN(C)CCNC(=O)C1(C)COC(C)(c2nc(-c3ccc(F)cc3)c(-c3ccnc(NCc4cccs4)n3)[nH]2)OC1. The first-order chi connectivity index (χ1) is 19.6. The van der Waals surface area contributed by atoms with Crippen molar-refractivity contribution in [3.05, 3.63) is 70.6 Å². The lowest BCUT2D eigenvalue weighted by Crippen LogP contribution is -2.53. The van der Waals surface area contributed by atoms with Crippen molar-refractivity contribution < 1.29 is 18.7 Å². The van der Waals surface area contributed by atoms with Crippen molar-refractivity contribution in [2.75, 3.05) is 45.7 Å². The standard InChI is InChI=1S/C29H34FN7O3S/c1-28(26(38)31-13-14-37(3)4)17-39-29(2,40-18-28)25-35-23(19-7-9-20(30)10-8-19)24(36-25)22-11-12-32-27(34-22)33-16-21-6-5-15-41-21/h5-12,15H,13-14,16-18H2,1-4H3,(H,31,38)(H,35,36)(H,32,33,34). The Kier molecular flexibility index (Phi) is 8.45. The van der Waals surface area contributed by atoms with Crippen molar-refractivity contribution in [1.29, 1.82) is 0 Å². The molecule has 0 radical (unpaired) electrons. The number of likely N-dealkylation sites (N-methyl/N-ethyl adjacent to an activating group) is 1. The number of anilines is 1. The second-order valence-corrected chi connectivity index (χ2v) is 11.7. The van der Waals surface area contributed by atoms with Crippen molar-refractivity contribution in [3.8, 4) is 22.6 Å². The second-order valence-electron chi connectivity index (χ2n) is 10.7. The van der Waals surface area contributed by atoms with Crippen molar-refractivity contribution in [2.24, 2.45) is 5.41 Å². The summed E-state index contributed by atoms with van der Waals surface area (Å²) in [7, 11) is 3.90. The fourth-order valence-corrected chi connectivity index (χ4v) is 4.95. The van der Waals surface area contributed by atoms with E-state index in [9.17, 15) is 9.18 Å². The van der Waals surface area contributed by atoms with Gasteiger partial charge in [0.15, 0.2) is 5.82 Å². The monoisotopic (exact) mass is 579 g/mol. The number of nitrogens with zero attached hydrogens (tertiary/aromatic N) is 4. The van der Waals surface area contributed by atoms with Crippen LogP contribution in [0.25, 0.3) is 22.6 Å². The topological polar surface area (TPSA) is 117 Å². The number of amides is 1. The van der Waals surface area contributed by atoms with Gasteiger partial charge in [-0.05, 0) is 69.7 Å².